The van der Waals surface area contributed by atoms with Crippen LogP contribution in [-0.4, -0.2) is 31.9 Å². The second-order valence-electron chi connectivity index (χ2n) is 4.74. The summed E-state index contributed by atoms with van der Waals surface area (Å²) in [7, 11) is 2.97. The zero-order valence-corrected chi connectivity index (χ0v) is 13.7. The van der Waals surface area contributed by atoms with Crippen LogP contribution in [0.5, 0.6) is 11.5 Å². The van der Waals surface area contributed by atoms with Gasteiger partial charge < -0.3 is 19.3 Å². The summed E-state index contributed by atoms with van der Waals surface area (Å²) in [6.45, 7) is 5.71. The highest BCUT2D eigenvalue weighted by atomic mass is 35.5. The molecule has 1 rings (SSSR count). The fourth-order valence-corrected chi connectivity index (χ4v) is 2.48. The maximum atomic E-state index is 11.8. The Morgan fingerprint density at radius 1 is 1.29 bits per heavy atom. The molecule has 0 fully saturated rings. The van der Waals surface area contributed by atoms with Crippen LogP contribution in [0.15, 0.2) is 6.07 Å². The smallest absolute Gasteiger partial charge is 0.339 e. The number of ether oxygens (including phenoxy) is 3. The van der Waals surface area contributed by atoms with Crippen molar-refractivity contribution in [1.29, 1.82) is 0 Å². The largest absolute Gasteiger partial charge is 0.492 e. The summed E-state index contributed by atoms with van der Waals surface area (Å²) in [5.74, 6) is 0.0638. The first-order valence-electron chi connectivity index (χ1n) is 6.67. The van der Waals surface area contributed by atoms with E-state index < -0.39 is 12.1 Å². The average Bonchev–Trinajstić information content (AvgIpc) is 2.44. The Bertz CT molecular complexity index is 513. The van der Waals surface area contributed by atoms with Crippen molar-refractivity contribution >= 4 is 17.6 Å². The Kier molecular flexibility index (Phi) is 6.30. The van der Waals surface area contributed by atoms with E-state index >= 15 is 0 Å². The number of hydrogen-bond donors (Lipinski definition) is 1. The Hall–Kier alpha value is -1.46. The van der Waals surface area contributed by atoms with Crippen LogP contribution >= 0.6 is 11.6 Å². The number of aliphatic hydroxyl groups excluding tert-OH is 1. The van der Waals surface area contributed by atoms with E-state index in [9.17, 15) is 9.90 Å². The Morgan fingerprint density at radius 3 is 2.29 bits per heavy atom. The van der Waals surface area contributed by atoms with Gasteiger partial charge in [0.2, 0.25) is 0 Å². The minimum atomic E-state index is -1.42. The Balaban J connectivity index is 3.51. The van der Waals surface area contributed by atoms with E-state index in [2.05, 4.69) is 0 Å². The first-order valence-corrected chi connectivity index (χ1v) is 7.05. The fourth-order valence-electron chi connectivity index (χ4n) is 2.20. The van der Waals surface area contributed by atoms with Crippen LogP contribution < -0.4 is 9.47 Å². The SMILES string of the molecule is CCOC(=O)C(O)c1cc(Cl)c(OC)c(OC)c1C(C)C. The van der Waals surface area contributed by atoms with Crippen LogP contribution in [0.25, 0.3) is 0 Å². The van der Waals surface area contributed by atoms with E-state index in [1.165, 1.54) is 20.3 Å². The number of benzene rings is 1. The van der Waals surface area contributed by atoms with Gasteiger partial charge >= 0.3 is 5.97 Å². The molecule has 0 aliphatic rings. The van der Waals surface area contributed by atoms with Gasteiger partial charge in [0.15, 0.2) is 17.6 Å². The molecule has 0 heterocycles. The molecular formula is C15H21ClO5. The van der Waals surface area contributed by atoms with Gasteiger partial charge in [0, 0.05) is 11.1 Å². The summed E-state index contributed by atoms with van der Waals surface area (Å²) in [6.07, 6.45) is -1.42. The van der Waals surface area contributed by atoms with Crippen LogP contribution in [-0.2, 0) is 9.53 Å². The normalized spacial score (nSPS) is 12.2. The first kappa shape index (κ1) is 17.6. The third-order valence-corrected chi connectivity index (χ3v) is 3.33. The molecule has 0 amide bonds. The molecule has 1 unspecified atom stereocenters. The van der Waals surface area contributed by atoms with Gasteiger partial charge in [0.25, 0.3) is 0 Å². The highest BCUT2D eigenvalue weighted by molar-refractivity contribution is 6.32. The second kappa shape index (κ2) is 7.52. The van der Waals surface area contributed by atoms with E-state index in [1.54, 1.807) is 6.92 Å². The van der Waals surface area contributed by atoms with Gasteiger partial charge in [-0.05, 0) is 18.9 Å². The minimum Gasteiger partial charge on any atom is -0.492 e. The monoisotopic (exact) mass is 316 g/mol. The number of aliphatic hydroxyl groups is 1. The lowest BCUT2D eigenvalue weighted by molar-refractivity contribution is -0.153. The molecule has 0 radical (unpaired) electrons. The van der Waals surface area contributed by atoms with Crippen LogP contribution in [0.4, 0.5) is 0 Å². The third-order valence-electron chi connectivity index (χ3n) is 3.05. The molecule has 0 aliphatic heterocycles. The molecule has 0 spiro atoms. The molecular weight excluding hydrogens is 296 g/mol. The molecule has 1 N–H and O–H groups in total. The molecule has 0 aliphatic carbocycles. The quantitative estimate of drug-likeness (QED) is 0.817. The van der Waals surface area contributed by atoms with Crippen molar-refractivity contribution in [2.75, 3.05) is 20.8 Å². The van der Waals surface area contributed by atoms with Crippen LogP contribution in [0.2, 0.25) is 5.02 Å². The van der Waals surface area contributed by atoms with Crippen molar-refractivity contribution in [3.05, 3.63) is 22.2 Å². The molecule has 21 heavy (non-hydrogen) atoms. The van der Waals surface area contributed by atoms with Crippen molar-refractivity contribution in [2.45, 2.75) is 32.8 Å². The molecule has 1 atom stereocenters. The molecule has 0 bridgehead atoms. The van der Waals surface area contributed by atoms with Gasteiger partial charge in [0.1, 0.15) is 0 Å². The topological polar surface area (TPSA) is 65.0 Å². The van der Waals surface area contributed by atoms with E-state index in [4.69, 9.17) is 25.8 Å². The molecule has 5 nitrogen and oxygen atoms in total. The average molecular weight is 317 g/mol. The zero-order chi connectivity index (χ0) is 16.2. The van der Waals surface area contributed by atoms with Gasteiger partial charge in [-0.2, -0.15) is 0 Å². The lowest BCUT2D eigenvalue weighted by atomic mass is 9.92. The van der Waals surface area contributed by atoms with Gasteiger partial charge in [-0.3, -0.25) is 0 Å². The zero-order valence-electron chi connectivity index (χ0n) is 12.9. The highest BCUT2D eigenvalue weighted by Gasteiger charge is 2.28. The molecule has 0 aromatic heterocycles. The number of esters is 1. The molecule has 1 aromatic carbocycles. The summed E-state index contributed by atoms with van der Waals surface area (Å²) < 4.78 is 15.5. The molecule has 118 valence electrons. The van der Waals surface area contributed by atoms with Crippen LogP contribution in [0.1, 0.15) is 43.9 Å². The van der Waals surface area contributed by atoms with Gasteiger partial charge in [-0.15, -0.1) is 0 Å². The predicted molar refractivity (Wildman–Crippen MR) is 80.2 cm³/mol. The number of carbonyl (C=O) groups is 1. The van der Waals surface area contributed by atoms with Crippen LogP contribution in [0.3, 0.4) is 0 Å². The number of carbonyl (C=O) groups excluding carboxylic acids is 1. The summed E-state index contributed by atoms with van der Waals surface area (Å²) in [6, 6.07) is 1.51. The van der Waals surface area contributed by atoms with Gasteiger partial charge in [-0.25, -0.2) is 4.79 Å². The van der Waals surface area contributed by atoms with Gasteiger partial charge in [0.05, 0.1) is 25.8 Å². The maximum absolute atomic E-state index is 11.8. The lowest BCUT2D eigenvalue weighted by Gasteiger charge is -2.22. The van der Waals surface area contributed by atoms with E-state index in [0.717, 1.165) is 0 Å². The molecule has 0 saturated carbocycles. The molecule has 1 aromatic rings. The molecule has 6 heteroatoms. The Morgan fingerprint density at radius 2 is 1.86 bits per heavy atom. The van der Waals surface area contributed by atoms with Crippen molar-refractivity contribution < 1.29 is 24.1 Å². The van der Waals surface area contributed by atoms with E-state index in [-0.39, 0.29) is 17.5 Å². The summed E-state index contributed by atoms with van der Waals surface area (Å²) in [4.78, 5) is 11.8. The number of hydrogen-bond acceptors (Lipinski definition) is 5. The fraction of sp³-hybridized carbons (Fsp3) is 0.533. The number of halogens is 1. The summed E-state index contributed by atoms with van der Waals surface area (Å²) in [5.41, 5.74) is 1.03. The van der Waals surface area contributed by atoms with E-state index in [0.29, 0.717) is 22.6 Å². The maximum Gasteiger partial charge on any atom is 0.339 e. The standard InChI is InChI=1S/C15H21ClO5/c1-6-21-15(18)12(17)9-7-10(16)13(19-4)14(20-5)11(9)8(2)3/h7-8,12,17H,6H2,1-5H3. The van der Waals surface area contributed by atoms with Crippen molar-refractivity contribution in [3.8, 4) is 11.5 Å². The van der Waals surface area contributed by atoms with Crippen LogP contribution in [0, 0.1) is 0 Å². The van der Waals surface area contributed by atoms with Crippen molar-refractivity contribution in [3.63, 3.8) is 0 Å². The lowest BCUT2D eigenvalue weighted by Crippen LogP contribution is -2.18. The predicted octanol–water partition coefficient (Wildman–Crippen LogP) is 3.08. The van der Waals surface area contributed by atoms with Crippen molar-refractivity contribution in [2.24, 2.45) is 0 Å². The summed E-state index contributed by atoms with van der Waals surface area (Å²) >= 11 is 6.15. The summed E-state index contributed by atoms with van der Waals surface area (Å²) in [5, 5.41) is 10.5. The molecule has 0 saturated heterocycles. The van der Waals surface area contributed by atoms with Crippen molar-refractivity contribution in [1.82, 2.24) is 0 Å². The first-order chi connectivity index (χ1) is 9.88. The highest BCUT2D eigenvalue weighted by Crippen LogP contribution is 2.45. The number of rotatable bonds is 6. The third kappa shape index (κ3) is 3.60. The van der Waals surface area contributed by atoms with E-state index in [1.807, 2.05) is 13.8 Å². The van der Waals surface area contributed by atoms with Gasteiger partial charge in [-0.1, -0.05) is 25.4 Å². The Labute approximate surface area is 129 Å². The number of methoxy groups -OCH3 is 2. The minimum absolute atomic E-state index is 0.00908. The second-order valence-corrected chi connectivity index (χ2v) is 5.14.